The van der Waals surface area contributed by atoms with Crippen molar-refractivity contribution in [3.8, 4) is 12.3 Å². The van der Waals surface area contributed by atoms with Gasteiger partial charge in [0.15, 0.2) is 0 Å². The predicted octanol–water partition coefficient (Wildman–Crippen LogP) is 3.20. The van der Waals surface area contributed by atoms with Crippen LogP contribution in [0.2, 0.25) is 0 Å². The van der Waals surface area contributed by atoms with E-state index in [1.807, 2.05) is 6.07 Å². The number of anilines is 1. The number of pyridine rings is 1. The van der Waals surface area contributed by atoms with Crippen LogP contribution in [0, 0.1) is 18.3 Å². The Kier molecular flexibility index (Phi) is 5.94. The summed E-state index contributed by atoms with van der Waals surface area (Å²) in [6.45, 7) is 3.62. The number of ether oxygens (including phenoxy) is 1. The average Bonchev–Trinajstić information content (AvgIpc) is 3.29. The molecular weight excluding hydrogens is 398 g/mol. The van der Waals surface area contributed by atoms with E-state index in [4.69, 9.17) is 16.1 Å². The Balaban J connectivity index is 1.58. The maximum absolute atomic E-state index is 12.2. The number of fused-ring (bicyclic) bond motifs is 3. The first-order valence-corrected chi connectivity index (χ1v) is 11.9. The van der Waals surface area contributed by atoms with E-state index in [1.54, 1.807) is 7.11 Å². The summed E-state index contributed by atoms with van der Waals surface area (Å²) in [5.41, 5.74) is 1.98. The molecule has 1 aromatic heterocycles. The Morgan fingerprint density at radius 1 is 1.12 bits per heavy atom. The van der Waals surface area contributed by atoms with Gasteiger partial charge < -0.3 is 14.7 Å². The summed E-state index contributed by atoms with van der Waals surface area (Å²) in [5.74, 6) is 4.07. The maximum atomic E-state index is 12.2. The molecule has 0 aliphatic carbocycles. The smallest absolute Gasteiger partial charge is 0.129 e. The molecule has 32 heavy (non-hydrogen) atoms. The molecule has 5 heterocycles. The molecule has 0 amide bonds. The molecule has 2 bridgehead atoms. The summed E-state index contributed by atoms with van der Waals surface area (Å²) in [7, 11) is 1.76. The van der Waals surface area contributed by atoms with Gasteiger partial charge in [0.25, 0.3) is 0 Å². The van der Waals surface area contributed by atoms with Gasteiger partial charge in [-0.2, -0.15) is 0 Å². The van der Waals surface area contributed by atoms with Crippen molar-refractivity contribution in [3.63, 3.8) is 0 Å². The predicted molar refractivity (Wildman–Crippen MR) is 127 cm³/mol. The molecule has 0 saturated carbocycles. The van der Waals surface area contributed by atoms with E-state index in [1.165, 1.54) is 5.56 Å². The van der Waals surface area contributed by atoms with Crippen LogP contribution in [0.5, 0.6) is 0 Å². The molecule has 1 aromatic carbocycles. The topological polar surface area (TPSA) is 48.8 Å². The van der Waals surface area contributed by atoms with Crippen LogP contribution in [0.15, 0.2) is 42.5 Å². The highest BCUT2D eigenvalue weighted by Gasteiger charge is 2.54. The lowest BCUT2D eigenvalue weighted by Gasteiger charge is -2.54. The monoisotopic (exact) mass is 431 g/mol. The van der Waals surface area contributed by atoms with Gasteiger partial charge in [0.2, 0.25) is 0 Å². The van der Waals surface area contributed by atoms with Gasteiger partial charge in [-0.05, 0) is 56.3 Å². The second kappa shape index (κ2) is 8.86. The standard InChI is InChI=1S/C27H33N3O2/c1-3-25-27(31,21-13-16-29(25)17-14-21)23-11-12-26(30-15-7-10-22(30)19-32-2)28-24(23)18-20-8-5-4-6-9-20/h1,4-6,8-9,11-12,21-22,25,31H,7,10,13-19H2,2H3/t22-,25?,27?/m1/s1. The third kappa shape index (κ3) is 3.61. The van der Waals surface area contributed by atoms with E-state index >= 15 is 0 Å². The van der Waals surface area contributed by atoms with Crippen LogP contribution in [0.3, 0.4) is 0 Å². The van der Waals surface area contributed by atoms with Crippen LogP contribution in [0.25, 0.3) is 0 Å². The van der Waals surface area contributed by atoms with Gasteiger partial charge >= 0.3 is 0 Å². The van der Waals surface area contributed by atoms with Crippen molar-refractivity contribution in [2.75, 3.05) is 38.3 Å². The molecule has 5 heteroatoms. The first kappa shape index (κ1) is 21.5. The molecule has 2 aromatic rings. The molecule has 3 atom stereocenters. The quantitative estimate of drug-likeness (QED) is 0.712. The van der Waals surface area contributed by atoms with Crippen molar-refractivity contribution in [3.05, 3.63) is 59.3 Å². The number of aliphatic hydroxyl groups is 1. The fraction of sp³-hybridized carbons (Fsp3) is 0.519. The molecule has 1 N–H and O–H groups in total. The number of rotatable bonds is 6. The Morgan fingerprint density at radius 3 is 2.62 bits per heavy atom. The number of benzene rings is 1. The average molecular weight is 432 g/mol. The SMILES string of the molecule is C#CC1N2CCC(CC2)C1(O)c1ccc(N2CCC[C@@H]2COC)nc1Cc1ccccc1. The largest absolute Gasteiger partial charge is 0.383 e. The number of aromatic nitrogens is 1. The van der Waals surface area contributed by atoms with Crippen molar-refractivity contribution in [1.82, 2.24) is 9.88 Å². The number of methoxy groups -OCH3 is 1. The van der Waals surface area contributed by atoms with Gasteiger partial charge in [-0.25, -0.2) is 4.98 Å². The lowest BCUT2D eigenvalue weighted by atomic mass is 9.66. The van der Waals surface area contributed by atoms with Crippen molar-refractivity contribution in [2.45, 2.75) is 49.8 Å². The molecule has 4 aliphatic heterocycles. The Hall–Kier alpha value is -2.39. The van der Waals surface area contributed by atoms with Gasteiger partial charge in [-0.3, -0.25) is 4.90 Å². The lowest BCUT2D eigenvalue weighted by molar-refractivity contribution is -0.143. The first-order valence-electron chi connectivity index (χ1n) is 11.9. The van der Waals surface area contributed by atoms with E-state index in [0.717, 1.165) is 62.4 Å². The Bertz CT molecular complexity index is 980. The minimum atomic E-state index is -1.06. The summed E-state index contributed by atoms with van der Waals surface area (Å²) < 4.78 is 5.46. The van der Waals surface area contributed by atoms with E-state index in [0.29, 0.717) is 19.1 Å². The molecular formula is C27H33N3O2. The highest BCUT2D eigenvalue weighted by molar-refractivity contribution is 5.48. The van der Waals surface area contributed by atoms with Crippen LogP contribution in [0.1, 0.15) is 42.5 Å². The fourth-order valence-corrected chi connectivity index (χ4v) is 6.14. The van der Waals surface area contributed by atoms with Crippen LogP contribution in [-0.2, 0) is 16.8 Å². The number of hydrogen-bond acceptors (Lipinski definition) is 5. The summed E-state index contributed by atoms with van der Waals surface area (Å²) in [6, 6.07) is 14.6. The second-order valence-electron chi connectivity index (χ2n) is 9.48. The van der Waals surface area contributed by atoms with Crippen LogP contribution in [0.4, 0.5) is 5.82 Å². The first-order chi connectivity index (χ1) is 15.6. The minimum Gasteiger partial charge on any atom is -0.383 e. The van der Waals surface area contributed by atoms with Gasteiger partial charge in [0.05, 0.1) is 18.3 Å². The molecule has 4 aliphatic rings. The van der Waals surface area contributed by atoms with E-state index in [9.17, 15) is 5.11 Å². The van der Waals surface area contributed by atoms with E-state index < -0.39 is 5.60 Å². The maximum Gasteiger partial charge on any atom is 0.129 e. The number of piperidine rings is 3. The zero-order valence-electron chi connectivity index (χ0n) is 18.9. The summed E-state index contributed by atoms with van der Waals surface area (Å²) in [4.78, 5) is 9.81. The van der Waals surface area contributed by atoms with Crippen LogP contribution >= 0.6 is 0 Å². The molecule has 5 nitrogen and oxygen atoms in total. The summed E-state index contributed by atoms with van der Waals surface area (Å²) in [5, 5.41) is 12.2. The Labute approximate surface area is 191 Å². The van der Waals surface area contributed by atoms with Gasteiger partial charge in [-0.15, -0.1) is 6.42 Å². The zero-order valence-corrected chi connectivity index (χ0v) is 18.9. The fourth-order valence-electron chi connectivity index (χ4n) is 6.14. The zero-order chi connectivity index (χ0) is 22.1. The van der Waals surface area contributed by atoms with Gasteiger partial charge in [-0.1, -0.05) is 42.3 Å². The molecule has 168 valence electrons. The van der Waals surface area contributed by atoms with E-state index in [-0.39, 0.29) is 12.0 Å². The van der Waals surface area contributed by atoms with Crippen molar-refractivity contribution < 1.29 is 9.84 Å². The Morgan fingerprint density at radius 2 is 1.91 bits per heavy atom. The highest BCUT2D eigenvalue weighted by atomic mass is 16.5. The molecule has 4 saturated heterocycles. The van der Waals surface area contributed by atoms with Gasteiger partial charge in [0, 0.05) is 25.6 Å². The third-order valence-corrected chi connectivity index (χ3v) is 7.73. The normalized spacial score (nSPS) is 31.6. The molecule has 0 spiro atoms. The number of nitrogens with zero attached hydrogens (tertiary/aromatic N) is 3. The number of hydrogen-bond donors (Lipinski definition) is 1. The highest BCUT2D eigenvalue weighted by Crippen LogP contribution is 2.48. The van der Waals surface area contributed by atoms with E-state index in [2.05, 4.69) is 52.1 Å². The summed E-state index contributed by atoms with van der Waals surface area (Å²) in [6.07, 6.45) is 10.9. The molecule has 4 fully saturated rings. The molecule has 6 rings (SSSR count). The molecule has 0 radical (unpaired) electrons. The minimum absolute atomic E-state index is 0.170. The lowest BCUT2D eigenvalue weighted by Crippen LogP contribution is -2.63. The summed E-state index contributed by atoms with van der Waals surface area (Å²) >= 11 is 0. The van der Waals surface area contributed by atoms with Crippen molar-refractivity contribution in [2.24, 2.45) is 5.92 Å². The number of terminal acetylenes is 1. The third-order valence-electron chi connectivity index (χ3n) is 7.73. The van der Waals surface area contributed by atoms with Crippen LogP contribution < -0.4 is 4.90 Å². The second-order valence-corrected chi connectivity index (χ2v) is 9.48. The van der Waals surface area contributed by atoms with Crippen LogP contribution in [-0.4, -0.2) is 60.4 Å². The van der Waals surface area contributed by atoms with Gasteiger partial charge in [0.1, 0.15) is 17.5 Å². The molecule has 2 unspecified atom stereocenters. The van der Waals surface area contributed by atoms with Crippen molar-refractivity contribution >= 4 is 5.82 Å². The van der Waals surface area contributed by atoms with Crippen molar-refractivity contribution in [1.29, 1.82) is 0 Å².